The van der Waals surface area contributed by atoms with Crippen molar-refractivity contribution in [2.24, 2.45) is 0 Å². The Hall–Kier alpha value is -3.38. The van der Waals surface area contributed by atoms with E-state index in [0.29, 0.717) is 17.9 Å². The molecule has 0 fully saturated rings. The zero-order valence-corrected chi connectivity index (χ0v) is 22.9. The second kappa shape index (κ2) is 13.2. The fraction of sp³-hybridized carbons (Fsp3) is 0.323. The lowest BCUT2D eigenvalue weighted by atomic mass is 10.0. The van der Waals surface area contributed by atoms with E-state index in [2.05, 4.69) is 96.9 Å². The molecule has 0 aliphatic carbocycles. The monoisotopic (exact) mass is 512 g/mol. The minimum atomic E-state index is -0.106. The summed E-state index contributed by atoms with van der Waals surface area (Å²) in [6.07, 6.45) is 6.03. The van der Waals surface area contributed by atoms with E-state index in [4.69, 9.17) is 0 Å². The highest BCUT2D eigenvalue weighted by Gasteiger charge is 2.16. The van der Waals surface area contributed by atoms with Gasteiger partial charge in [0.05, 0.1) is 6.54 Å². The van der Waals surface area contributed by atoms with E-state index in [9.17, 15) is 4.79 Å². The summed E-state index contributed by atoms with van der Waals surface area (Å²) in [6, 6.07) is 24.7. The molecule has 0 bridgehead atoms. The molecule has 4 rings (SSSR count). The molecule has 0 aliphatic rings. The molecule has 1 amide bonds. The maximum atomic E-state index is 12.9. The summed E-state index contributed by atoms with van der Waals surface area (Å²) in [5.41, 5.74) is 6.65. The first-order chi connectivity index (χ1) is 18.0. The van der Waals surface area contributed by atoms with Crippen molar-refractivity contribution in [1.29, 1.82) is 0 Å². The zero-order valence-electron chi connectivity index (χ0n) is 22.0. The van der Waals surface area contributed by atoms with Crippen LogP contribution in [0.15, 0.2) is 78.0 Å². The maximum Gasteiger partial charge on any atom is 0.251 e. The zero-order chi connectivity index (χ0) is 26.0. The molecule has 1 N–H and O–H groups in total. The SMILES string of the molecule is CCCCCCc1ccc(C(=O)NCc2nnc(SCc3ccccc3C)n2-c2ccc(C)cc2)cc1. The number of nitrogens with zero attached hydrogens (tertiary/aromatic N) is 3. The number of carbonyl (C=O) groups is 1. The third kappa shape index (κ3) is 7.32. The van der Waals surface area contributed by atoms with E-state index < -0.39 is 0 Å². The van der Waals surface area contributed by atoms with Gasteiger partial charge in [0, 0.05) is 17.0 Å². The summed E-state index contributed by atoms with van der Waals surface area (Å²) >= 11 is 1.65. The fourth-order valence-corrected chi connectivity index (χ4v) is 5.26. The van der Waals surface area contributed by atoms with Gasteiger partial charge in [0.15, 0.2) is 11.0 Å². The Morgan fingerprint density at radius 1 is 0.892 bits per heavy atom. The molecule has 6 heteroatoms. The Kier molecular flexibility index (Phi) is 9.55. The van der Waals surface area contributed by atoms with E-state index >= 15 is 0 Å². The minimum absolute atomic E-state index is 0.106. The molecule has 192 valence electrons. The lowest BCUT2D eigenvalue weighted by Gasteiger charge is -2.12. The van der Waals surface area contributed by atoms with E-state index in [-0.39, 0.29) is 5.91 Å². The van der Waals surface area contributed by atoms with Crippen molar-refractivity contribution in [3.8, 4) is 5.69 Å². The first kappa shape index (κ1) is 26.7. The smallest absolute Gasteiger partial charge is 0.251 e. The first-order valence-corrected chi connectivity index (χ1v) is 14.1. The average molecular weight is 513 g/mol. The molecular weight excluding hydrogens is 476 g/mol. The van der Waals surface area contributed by atoms with Gasteiger partial charge < -0.3 is 5.32 Å². The van der Waals surface area contributed by atoms with Crippen LogP contribution in [-0.2, 0) is 18.7 Å². The molecule has 1 aromatic heterocycles. The van der Waals surface area contributed by atoms with Crippen LogP contribution in [0.1, 0.15) is 71.0 Å². The van der Waals surface area contributed by atoms with Crippen LogP contribution < -0.4 is 5.32 Å². The number of aromatic nitrogens is 3. The molecule has 0 saturated heterocycles. The van der Waals surface area contributed by atoms with Crippen molar-refractivity contribution >= 4 is 17.7 Å². The van der Waals surface area contributed by atoms with Crippen LogP contribution in [0.25, 0.3) is 5.69 Å². The van der Waals surface area contributed by atoms with Gasteiger partial charge in [-0.25, -0.2) is 0 Å². The van der Waals surface area contributed by atoms with Crippen LogP contribution in [0.2, 0.25) is 0 Å². The van der Waals surface area contributed by atoms with Crippen molar-refractivity contribution in [3.63, 3.8) is 0 Å². The topological polar surface area (TPSA) is 59.8 Å². The van der Waals surface area contributed by atoms with E-state index in [1.807, 2.05) is 16.7 Å². The number of nitrogens with one attached hydrogen (secondary N) is 1. The Labute approximate surface area is 224 Å². The second-order valence-electron chi connectivity index (χ2n) is 9.48. The van der Waals surface area contributed by atoms with Gasteiger partial charge in [-0.05, 0) is 67.6 Å². The van der Waals surface area contributed by atoms with Crippen molar-refractivity contribution in [2.45, 2.75) is 70.3 Å². The molecular formula is C31H36N4OS. The van der Waals surface area contributed by atoms with E-state index in [0.717, 1.165) is 23.0 Å². The summed E-state index contributed by atoms with van der Waals surface area (Å²) in [6.45, 7) is 6.72. The molecule has 0 unspecified atom stereocenters. The van der Waals surface area contributed by atoms with Crippen molar-refractivity contribution in [2.75, 3.05) is 0 Å². The average Bonchev–Trinajstić information content (AvgIpc) is 3.33. The second-order valence-corrected chi connectivity index (χ2v) is 10.4. The molecule has 0 radical (unpaired) electrons. The first-order valence-electron chi connectivity index (χ1n) is 13.1. The van der Waals surface area contributed by atoms with Crippen LogP contribution in [-0.4, -0.2) is 20.7 Å². The highest BCUT2D eigenvalue weighted by atomic mass is 32.2. The Morgan fingerprint density at radius 3 is 2.38 bits per heavy atom. The van der Waals surface area contributed by atoms with Crippen LogP contribution in [0.3, 0.4) is 0 Å². The number of aryl methyl sites for hydroxylation is 3. The molecule has 3 aromatic carbocycles. The third-order valence-corrected chi connectivity index (χ3v) is 7.53. The number of hydrogen-bond acceptors (Lipinski definition) is 4. The van der Waals surface area contributed by atoms with Gasteiger partial charge in [-0.1, -0.05) is 92.0 Å². The maximum absolute atomic E-state index is 12.9. The summed E-state index contributed by atoms with van der Waals surface area (Å²) in [7, 11) is 0. The number of hydrogen-bond donors (Lipinski definition) is 1. The van der Waals surface area contributed by atoms with Crippen LogP contribution in [0, 0.1) is 13.8 Å². The quantitative estimate of drug-likeness (QED) is 0.161. The Morgan fingerprint density at radius 2 is 1.65 bits per heavy atom. The molecule has 4 aromatic rings. The van der Waals surface area contributed by atoms with Crippen LogP contribution in [0.4, 0.5) is 0 Å². The van der Waals surface area contributed by atoms with Crippen molar-refractivity contribution < 1.29 is 4.79 Å². The minimum Gasteiger partial charge on any atom is -0.345 e. The number of benzene rings is 3. The lowest BCUT2D eigenvalue weighted by Crippen LogP contribution is -2.24. The van der Waals surface area contributed by atoms with Gasteiger partial charge in [-0.15, -0.1) is 10.2 Å². The summed E-state index contributed by atoms with van der Waals surface area (Å²) in [4.78, 5) is 12.9. The number of amides is 1. The van der Waals surface area contributed by atoms with Crippen LogP contribution >= 0.6 is 11.8 Å². The van der Waals surface area contributed by atoms with Gasteiger partial charge in [0.25, 0.3) is 5.91 Å². The van der Waals surface area contributed by atoms with Crippen LogP contribution in [0.5, 0.6) is 0 Å². The normalized spacial score (nSPS) is 11.0. The van der Waals surface area contributed by atoms with Gasteiger partial charge in [0.2, 0.25) is 0 Å². The standard InChI is InChI=1S/C31H36N4OS/c1-4-5-6-7-11-25-15-17-26(18-16-25)30(36)32-21-29-33-34-31(35(29)28-19-13-23(2)14-20-28)37-22-27-12-9-8-10-24(27)3/h8-10,12-20H,4-7,11,21-22H2,1-3H3,(H,32,36). The molecule has 0 spiro atoms. The molecule has 0 atom stereocenters. The molecule has 37 heavy (non-hydrogen) atoms. The number of carbonyl (C=O) groups excluding carboxylic acids is 1. The summed E-state index contributed by atoms with van der Waals surface area (Å²) in [5, 5.41) is 12.8. The highest BCUT2D eigenvalue weighted by molar-refractivity contribution is 7.98. The molecule has 5 nitrogen and oxygen atoms in total. The molecule has 0 saturated carbocycles. The predicted molar refractivity (Wildman–Crippen MR) is 152 cm³/mol. The lowest BCUT2D eigenvalue weighted by molar-refractivity contribution is 0.0949. The van der Waals surface area contributed by atoms with Gasteiger partial charge in [0.1, 0.15) is 0 Å². The number of rotatable bonds is 12. The number of unbranched alkanes of at least 4 members (excludes halogenated alkanes) is 3. The third-order valence-electron chi connectivity index (χ3n) is 6.55. The van der Waals surface area contributed by atoms with Gasteiger partial charge >= 0.3 is 0 Å². The summed E-state index contributed by atoms with van der Waals surface area (Å²) in [5.74, 6) is 1.40. The van der Waals surface area contributed by atoms with E-state index in [1.165, 1.54) is 47.9 Å². The Balaban J connectivity index is 1.45. The largest absolute Gasteiger partial charge is 0.345 e. The van der Waals surface area contributed by atoms with Crippen molar-refractivity contribution in [3.05, 3.63) is 106 Å². The Bertz CT molecular complexity index is 1300. The number of thioether (sulfide) groups is 1. The van der Waals surface area contributed by atoms with Crippen molar-refractivity contribution in [1.82, 2.24) is 20.1 Å². The fourth-order valence-electron chi connectivity index (χ4n) is 4.22. The highest BCUT2D eigenvalue weighted by Crippen LogP contribution is 2.26. The predicted octanol–water partition coefficient (Wildman–Crippen LogP) is 7.23. The molecule has 0 aliphatic heterocycles. The molecule has 1 heterocycles. The van der Waals surface area contributed by atoms with E-state index in [1.54, 1.807) is 11.8 Å². The van der Waals surface area contributed by atoms with Gasteiger partial charge in [-0.3, -0.25) is 9.36 Å². The van der Waals surface area contributed by atoms with Gasteiger partial charge in [-0.2, -0.15) is 0 Å². The summed E-state index contributed by atoms with van der Waals surface area (Å²) < 4.78 is 2.04.